The molecule has 0 atom stereocenters. The summed E-state index contributed by atoms with van der Waals surface area (Å²) in [4.78, 5) is 12.3. The Kier molecular flexibility index (Phi) is 16.3. The van der Waals surface area contributed by atoms with Gasteiger partial charge in [-0.1, -0.05) is 13.8 Å². The van der Waals surface area contributed by atoms with Gasteiger partial charge in [0.1, 0.15) is 0 Å². The first kappa shape index (κ1) is 20.0. The molecule has 1 aliphatic rings. The molecule has 1 aromatic rings. The Morgan fingerprint density at radius 1 is 1.17 bits per heavy atom. The standard InChI is InChI=1S/C6H11N2O.C6H5.C2H6.Y/c1-6(9)8-4-2-7-3-5-8;1-2-4-6-5-3-1;1-2;/h7H,1-5H2;1-5H;1-2H3;/q2*-1;;. The van der Waals surface area contributed by atoms with E-state index in [4.69, 9.17) is 0 Å². The van der Waals surface area contributed by atoms with E-state index >= 15 is 0 Å². The molecule has 0 aliphatic carbocycles. The third-order valence-electron chi connectivity index (χ3n) is 2.08. The van der Waals surface area contributed by atoms with E-state index < -0.39 is 0 Å². The molecule has 0 spiro atoms. The molecule has 0 aromatic heterocycles. The van der Waals surface area contributed by atoms with Gasteiger partial charge in [-0.3, -0.25) is 0 Å². The summed E-state index contributed by atoms with van der Waals surface area (Å²) in [7, 11) is 0. The van der Waals surface area contributed by atoms with Crippen LogP contribution < -0.4 is 5.32 Å². The number of hydrogen-bond acceptors (Lipinski definition) is 2. The number of piperazine rings is 1. The molecule has 1 saturated heterocycles. The van der Waals surface area contributed by atoms with Gasteiger partial charge in [-0.15, -0.1) is 0 Å². The maximum Gasteiger partial charge on any atom is 0.0823 e. The summed E-state index contributed by atoms with van der Waals surface area (Å²) in [6.45, 7) is 10.7. The van der Waals surface area contributed by atoms with Gasteiger partial charge in [0, 0.05) is 58.9 Å². The quantitative estimate of drug-likeness (QED) is 0.738. The molecule has 1 aliphatic heterocycles. The Morgan fingerprint density at radius 3 is 1.89 bits per heavy atom. The summed E-state index contributed by atoms with van der Waals surface area (Å²) in [6.07, 6.45) is 0. The Labute approximate surface area is 136 Å². The van der Waals surface area contributed by atoms with Crippen molar-refractivity contribution < 1.29 is 37.5 Å². The van der Waals surface area contributed by atoms with Gasteiger partial charge in [0.25, 0.3) is 0 Å². The van der Waals surface area contributed by atoms with Crippen molar-refractivity contribution in [2.45, 2.75) is 13.8 Å². The topological polar surface area (TPSA) is 32.3 Å². The van der Waals surface area contributed by atoms with Crippen LogP contribution >= 0.6 is 0 Å². The second-order valence-corrected chi connectivity index (χ2v) is 3.21. The molecule has 1 N–H and O–H groups in total. The number of nitrogens with zero attached hydrogens (tertiary/aromatic N) is 1. The van der Waals surface area contributed by atoms with Gasteiger partial charge in [-0.2, -0.15) is 36.4 Å². The van der Waals surface area contributed by atoms with E-state index in [1.807, 2.05) is 44.2 Å². The largest absolute Gasteiger partial charge is 0.365 e. The zero-order valence-corrected chi connectivity index (χ0v) is 14.2. The van der Waals surface area contributed by atoms with Gasteiger partial charge in [0.05, 0.1) is 5.91 Å². The fourth-order valence-electron chi connectivity index (χ4n) is 1.26. The Bertz CT molecular complexity index is 248. The van der Waals surface area contributed by atoms with E-state index in [9.17, 15) is 4.79 Å². The van der Waals surface area contributed by atoms with Gasteiger partial charge in [-0.05, 0) is 0 Å². The first-order valence-corrected chi connectivity index (χ1v) is 6.03. The van der Waals surface area contributed by atoms with Crippen molar-refractivity contribution in [1.29, 1.82) is 0 Å². The van der Waals surface area contributed by atoms with E-state index in [1.54, 1.807) is 4.90 Å². The van der Waals surface area contributed by atoms with Gasteiger partial charge in [0.2, 0.25) is 0 Å². The van der Waals surface area contributed by atoms with Crippen LogP contribution in [0.1, 0.15) is 13.8 Å². The molecular formula is C14H22N2OY-2. The summed E-state index contributed by atoms with van der Waals surface area (Å²) in [5.41, 5.74) is 0. The van der Waals surface area contributed by atoms with Crippen molar-refractivity contribution in [3.63, 3.8) is 0 Å². The molecular weight excluding hydrogens is 301 g/mol. The maximum atomic E-state index is 10.6. The number of rotatable bonds is 0. The Balaban J connectivity index is 0. The van der Waals surface area contributed by atoms with E-state index in [0.29, 0.717) is 0 Å². The molecule has 1 heterocycles. The number of carbonyl (C=O) groups excluding carboxylic acids is 1. The van der Waals surface area contributed by atoms with Crippen molar-refractivity contribution in [3.8, 4) is 0 Å². The van der Waals surface area contributed by atoms with E-state index in [2.05, 4.69) is 18.3 Å². The molecule has 2 rings (SSSR count). The number of nitrogens with one attached hydrogen (secondary N) is 1. The van der Waals surface area contributed by atoms with Crippen molar-refractivity contribution in [1.82, 2.24) is 10.2 Å². The minimum atomic E-state index is -0.0588. The van der Waals surface area contributed by atoms with Crippen LogP contribution in [0.2, 0.25) is 0 Å². The molecule has 3 nitrogen and oxygen atoms in total. The predicted octanol–water partition coefficient (Wildman–Crippen LogP) is 1.76. The number of benzene rings is 1. The molecule has 4 heteroatoms. The van der Waals surface area contributed by atoms with E-state index in [1.165, 1.54) is 0 Å². The molecule has 1 fully saturated rings. The Morgan fingerprint density at radius 2 is 1.67 bits per heavy atom. The average molecular weight is 323 g/mol. The van der Waals surface area contributed by atoms with Crippen molar-refractivity contribution in [2.75, 3.05) is 26.2 Å². The second-order valence-electron chi connectivity index (χ2n) is 3.21. The zero-order chi connectivity index (χ0) is 12.9. The van der Waals surface area contributed by atoms with Gasteiger partial charge in [-0.25, -0.2) is 0 Å². The molecule has 18 heavy (non-hydrogen) atoms. The predicted molar refractivity (Wildman–Crippen MR) is 71.4 cm³/mol. The van der Waals surface area contributed by atoms with Crippen LogP contribution in [0.15, 0.2) is 30.3 Å². The first-order valence-electron chi connectivity index (χ1n) is 6.03. The molecule has 1 amide bonds. The SMILES string of the molecule is CC.[CH2-]C(=O)N1CCNCC1.[Y].[c-]1ccccc1. The zero-order valence-electron chi connectivity index (χ0n) is 11.4. The summed E-state index contributed by atoms with van der Waals surface area (Å²) in [5.74, 6) is -0.0588. The average Bonchev–Trinajstić information content (AvgIpc) is 2.44. The van der Waals surface area contributed by atoms with Crippen LogP contribution in [0.3, 0.4) is 0 Å². The summed E-state index contributed by atoms with van der Waals surface area (Å²) in [5, 5.41) is 3.15. The minimum Gasteiger partial charge on any atom is -0.365 e. The van der Waals surface area contributed by atoms with Crippen molar-refractivity contribution >= 4 is 5.91 Å². The van der Waals surface area contributed by atoms with Crippen molar-refractivity contribution in [2.24, 2.45) is 0 Å². The van der Waals surface area contributed by atoms with Crippen LogP contribution in [0.25, 0.3) is 0 Å². The van der Waals surface area contributed by atoms with Gasteiger partial charge < -0.3 is 21.9 Å². The molecule has 99 valence electrons. The van der Waals surface area contributed by atoms with E-state index in [-0.39, 0.29) is 38.6 Å². The molecule has 0 saturated carbocycles. The van der Waals surface area contributed by atoms with Crippen LogP contribution in [0.5, 0.6) is 0 Å². The van der Waals surface area contributed by atoms with Crippen LogP contribution in [-0.4, -0.2) is 37.0 Å². The number of hydrogen-bond donors (Lipinski definition) is 1. The first-order chi connectivity index (χ1) is 8.30. The second kappa shape index (κ2) is 14.7. The third-order valence-corrected chi connectivity index (χ3v) is 2.08. The normalized spacial score (nSPS) is 12.9. The van der Waals surface area contributed by atoms with E-state index in [0.717, 1.165) is 26.2 Å². The Hall–Kier alpha value is -0.376. The molecule has 1 radical (unpaired) electrons. The molecule has 0 bridgehead atoms. The smallest absolute Gasteiger partial charge is 0.0823 e. The number of amides is 1. The van der Waals surface area contributed by atoms with Crippen LogP contribution in [-0.2, 0) is 37.5 Å². The summed E-state index contributed by atoms with van der Waals surface area (Å²) < 4.78 is 0. The van der Waals surface area contributed by atoms with Crippen molar-refractivity contribution in [3.05, 3.63) is 43.3 Å². The fraction of sp³-hybridized carbons (Fsp3) is 0.429. The third kappa shape index (κ3) is 10.8. The van der Waals surface area contributed by atoms with Gasteiger partial charge in [0.15, 0.2) is 0 Å². The number of carbonyl (C=O) groups is 1. The van der Waals surface area contributed by atoms with Gasteiger partial charge >= 0.3 is 0 Å². The minimum absolute atomic E-state index is 0. The molecule has 0 unspecified atom stereocenters. The summed E-state index contributed by atoms with van der Waals surface area (Å²) in [6, 6.07) is 12.5. The molecule has 1 aromatic carbocycles. The van der Waals surface area contributed by atoms with Crippen LogP contribution in [0.4, 0.5) is 0 Å². The monoisotopic (exact) mass is 323 g/mol. The maximum absolute atomic E-state index is 10.6. The van der Waals surface area contributed by atoms with Crippen LogP contribution in [0, 0.1) is 13.0 Å². The fourth-order valence-corrected chi connectivity index (χ4v) is 1.26. The summed E-state index contributed by atoms with van der Waals surface area (Å²) >= 11 is 0.